The highest BCUT2D eigenvalue weighted by Crippen LogP contribution is 2.22. The first-order valence-electron chi connectivity index (χ1n) is 4.97. The third-order valence-corrected chi connectivity index (χ3v) is 2.28. The van der Waals surface area contributed by atoms with E-state index in [1.165, 1.54) is 6.08 Å². The SMILES string of the molecule is NC(=O)/C=C/Nc1cccc2ccccc12. The molecule has 0 atom stereocenters. The van der Waals surface area contributed by atoms with Crippen LogP contribution in [-0.4, -0.2) is 5.91 Å². The number of anilines is 1. The number of carbonyl (C=O) groups excluding carboxylic acids is 1. The van der Waals surface area contributed by atoms with Crippen molar-refractivity contribution in [2.24, 2.45) is 5.73 Å². The van der Waals surface area contributed by atoms with Crippen molar-refractivity contribution < 1.29 is 4.79 Å². The van der Waals surface area contributed by atoms with Crippen molar-refractivity contribution in [2.75, 3.05) is 5.32 Å². The number of hydrogen-bond donors (Lipinski definition) is 2. The van der Waals surface area contributed by atoms with E-state index in [2.05, 4.69) is 5.32 Å². The number of nitrogens with two attached hydrogens (primary N) is 1. The zero-order valence-corrected chi connectivity index (χ0v) is 8.68. The van der Waals surface area contributed by atoms with E-state index in [-0.39, 0.29) is 0 Å². The van der Waals surface area contributed by atoms with Crippen LogP contribution < -0.4 is 11.1 Å². The van der Waals surface area contributed by atoms with Crippen molar-refractivity contribution in [3.8, 4) is 0 Å². The third kappa shape index (κ3) is 2.20. The van der Waals surface area contributed by atoms with Crippen LogP contribution in [0, 0.1) is 0 Å². The summed E-state index contributed by atoms with van der Waals surface area (Å²) in [6.07, 6.45) is 2.84. The van der Waals surface area contributed by atoms with Crippen molar-refractivity contribution in [1.29, 1.82) is 0 Å². The fraction of sp³-hybridized carbons (Fsp3) is 0. The largest absolute Gasteiger partial charge is 0.366 e. The summed E-state index contributed by atoms with van der Waals surface area (Å²) in [5, 5.41) is 5.30. The highest BCUT2D eigenvalue weighted by atomic mass is 16.1. The molecule has 0 saturated carbocycles. The van der Waals surface area contributed by atoms with Gasteiger partial charge in [-0.2, -0.15) is 0 Å². The van der Waals surface area contributed by atoms with E-state index in [4.69, 9.17) is 5.73 Å². The van der Waals surface area contributed by atoms with Gasteiger partial charge < -0.3 is 11.1 Å². The smallest absolute Gasteiger partial charge is 0.242 e. The molecule has 0 spiro atoms. The van der Waals surface area contributed by atoms with E-state index in [0.29, 0.717) is 0 Å². The Kier molecular flexibility index (Phi) is 2.87. The van der Waals surface area contributed by atoms with Gasteiger partial charge in [0.25, 0.3) is 0 Å². The lowest BCUT2D eigenvalue weighted by molar-refractivity contribution is -0.113. The van der Waals surface area contributed by atoms with Crippen molar-refractivity contribution in [2.45, 2.75) is 0 Å². The number of rotatable bonds is 3. The molecule has 0 heterocycles. The van der Waals surface area contributed by atoms with E-state index in [1.807, 2.05) is 42.5 Å². The maximum atomic E-state index is 10.5. The summed E-state index contributed by atoms with van der Waals surface area (Å²) >= 11 is 0. The highest BCUT2D eigenvalue weighted by molar-refractivity contribution is 5.94. The number of amides is 1. The normalized spacial score (nSPS) is 10.8. The standard InChI is InChI=1S/C13H12N2O/c14-13(16)8-9-15-12-7-3-5-10-4-1-2-6-11(10)12/h1-9,15H,(H2,14,16)/b9-8+. The van der Waals surface area contributed by atoms with Gasteiger partial charge in [0, 0.05) is 23.3 Å². The van der Waals surface area contributed by atoms with Gasteiger partial charge in [0.1, 0.15) is 0 Å². The quantitative estimate of drug-likeness (QED) is 0.767. The Morgan fingerprint density at radius 2 is 1.88 bits per heavy atom. The molecule has 0 aliphatic rings. The average molecular weight is 212 g/mol. The maximum absolute atomic E-state index is 10.5. The van der Waals surface area contributed by atoms with Gasteiger partial charge in [0.15, 0.2) is 0 Å². The van der Waals surface area contributed by atoms with Gasteiger partial charge in [-0.1, -0.05) is 36.4 Å². The molecule has 0 saturated heterocycles. The molecule has 0 unspecified atom stereocenters. The van der Waals surface area contributed by atoms with Gasteiger partial charge in [-0.3, -0.25) is 4.79 Å². The van der Waals surface area contributed by atoms with Crippen LogP contribution in [0.25, 0.3) is 10.8 Å². The monoisotopic (exact) mass is 212 g/mol. The minimum absolute atomic E-state index is 0.465. The third-order valence-electron chi connectivity index (χ3n) is 2.28. The zero-order valence-electron chi connectivity index (χ0n) is 8.68. The van der Waals surface area contributed by atoms with E-state index < -0.39 is 5.91 Å². The Labute approximate surface area is 93.6 Å². The molecule has 3 heteroatoms. The lowest BCUT2D eigenvalue weighted by Crippen LogP contribution is -2.06. The predicted octanol–water partition coefficient (Wildman–Crippen LogP) is 2.25. The topological polar surface area (TPSA) is 55.1 Å². The first-order chi connectivity index (χ1) is 7.77. The van der Waals surface area contributed by atoms with Gasteiger partial charge >= 0.3 is 0 Å². The Bertz CT molecular complexity index is 541. The second-order valence-corrected chi connectivity index (χ2v) is 3.41. The van der Waals surface area contributed by atoms with Crippen LogP contribution in [-0.2, 0) is 4.79 Å². The summed E-state index contributed by atoms with van der Waals surface area (Å²) in [4.78, 5) is 10.5. The Morgan fingerprint density at radius 3 is 2.69 bits per heavy atom. The number of nitrogens with one attached hydrogen (secondary N) is 1. The molecule has 0 bridgehead atoms. The van der Waals surface area contributed by atoms with E-state index >= 15 is 0 Å². The molecule has 0 fully saturated rings. The molecule has 2 aromatic rings. The number of fused-ring (bicyclic) bond motifs is 1. The van der Waals surface area contributed by atoms with Crippen LogP contribution in [0.4, 0.5) is 5.69 Å². The lowest BCUT2D eigenvalue weighted by Gasteiger charge is -2.05. The number of benzene rings is 2. The molecule has 0 aliphatic carbocycles. The first-order valence-corrected chi connectivity index (χ1v) is 4.97. The Balaban J connectivity index is 2.34. The van der Waals surface area contributed by atoms with Gasteiger partial charge in [0.2, 0.25) is 5.91 Å². The molecule has 80 valence electrons. The fourth-order valence-corrected chi connectivity index (χ4v) is 1.56. The Morgan fingerprint density at radius 1 is 1.12 bits per heavy atom. The van der Waals surface area contributed by atoms with Crippen LogP contribution in [0.1, 0.15) is 0 Å². The summed E-state index contributed by atoms with van der Waals surface area (Å²) in [5.41, 5.74) is 5.96. The van der Waals surface area contributed by atoms with Gasteiger partial charge in [-0.25, -0.2) is 0 Å². The number of carbonyl (C=O) groups is 1. The van der Waals surface area contributed by atoms with Crippen LogP contribution in [0.15, 0.2) is 54.7 Å². The van der Waals surface area contributed by atoms with Crippen molar-refractivity contribution in [3.63, 3.8) is 0 Å². The molecule has 16 heavy (non-hydrogen) atoms. The molecular weight excluding hydrogens is 200 g/mol. The van der Waals surface area contributed by atoms with Crippen LogP contribution in [0.2, 0.25) is 0 Å². The molecular formula is C13H12N2O. The van der Waals surface area contributed by atoms with Crippen molar-refractivity contribution in [1.82, 2.24) is 0 Å². The van der Waals surface area contributed by atoms with E-state index in [1.54, 1.807) is 6.20 Å². The minimum Gasteiger partial charge on any atom is -0.366 e. The fourth-order valence-electron chi connectivity index (χ4n) is 1.56. The average Bonchev–Trinajstić information content (AvgIpc) is 2.29. The second kappa shape index (κ2) is 4.49. The molecule has 3 N–H and O–H groups in total. The number of hydrogen-bond acceptors (Lipinski definition) is 2. The number of primary amides is 1. The van der Waals surface area contributed by atoms with Gasteiger partial charge in [-0.15, -0.1) is 0 Å². The Hall–Kier alpha value is -2.29. The molecule has 0 radical (unpaired) electrons. The summed E-state index contributed by atoms with van der Waals surface area (Å²) in [6.45, 7) is 0. The molecule has 3 nitrogen and oxygen atoms in total. The molecule has 1 amide bonds. The van der Waals surface area contributed by atoms with Crippen LogP contribution in [0.5, 0.6) is 0 Å². The van der Waals surface area contributed by atoms with Gasteiger partial charge in [0.05, 0.1) is 0 Å². The summed E-state index contributed by atoms with van der Waals surface area (Å²) in [5.74, 6) is -0.465. The highest BCUT2D eigenvalue weighted by Gasteiger charge is 1.96. The zero-order chi connectivity index (χ0) is 11.4. The van der Waals surface area contributed by atoms with Crippen molar-refractivity contribution in [3.05, 3.63) is 54.7 Å². The van der Waals surface area contributed by atoms with Crippen LogP contribution >= 0.6 is 0 Å². The lowest BCUT2D eigenvalue weighted by atomic mass is 10.1. The molecule has 2 rings (SSSR count). The predicted molar refractivity (Wildman–Crippen MR) is 65.9 cm³/mol. The van der Waals surface area contributed by atoms with Crippen molar-refractivity contribution >= 4 is 22.4 Å². The van der Waals surface area contributed by atoms with Gasteiger partial charge in [-0.05, 0) is 11.5 Å². The molecule has 0 aromatic heterocycles. The molecule has 0 aliphatic heterocycles. The van der Waals surface area contributed by atoms with E-state index in [9.17, 15) is 4.79 Å². The summed E-state index contributed by atoms with van der Waals surface area (Å²) in [6, 6.07) is 14.0. The molecule has 2 aromatic carbocycles. The van der Waals surface area contributed by atoms with Crippen LogP contribution in [0.3, 0.4) is 0 Å². The summed E-state index contributed by atoms with van der Waals surface area (Å²) in [7, 11) is 0. The maximum Gasteiger partial charge on any atom is 0.242 e. The summed E-state index contributed by atoms with van der Waals surface area (Å²) < 4.78 is 0. The van der Waals surface area contributed by atoms with E-state index in [0.717, 1.165) is 16.5 Å². The minimum atomic E-state index is -0.465. The second-order valence-electron chi connectivity index (χ2n) is 3.41. The first kappa shape index (κ1) is 10.2.